The first-order valence-corrected chi connectivity index (χ1v) is 12.3. The molecule has 10 heteroatoms. The van der Waals surface area contributed by atoms with Crippen molar-refractivity contribution in [2.45, 2.75) is 23.8 Å². The lowest BCUT2D eigenvalue weighted by atomic mass is 10.1. The fourth-order valence-corrected chi connectivity index (χ4v) is 4.94. The smallest absolute Gasteiger partial charge is 0.256 e. The Balaban J connectivity index is 1.46. The van der Waals surface area contributed by atoms with Crippen molar-refractivity contribution in [1.82, 2.24) is 20.6 Å². The lowest BCUT2D eigenvalue weighted by molar-refractivity contribution is -0.129. The number of aromatic nitrogens is 1. The molecule has 8 nitrogen and oxygen atoms in total. The van der Waals surface area contributed by atoms with Crippen LogP contribution in [0.2, 0.25) is 0 Å². The Morgan fingerprint density at radius 2 is 1.57 bits per heavy atom. The number of fused-ring (bicyclic) bond motifs is 1. The number of H-pyrrole nitrogens is 1. The van der Waals surface area contributed by atoms with E-state index in [9.17, 15) is 22.4 Å². The van der Waals surface area contributed by atoms with Crippen molar-refractivity contribution in [2.75, 3.05) is 0 Å². The van der Waals surface area contributed by atoms with E-state index in [-0.39, 0.29) is 12.8 Å². The van der Waals surface area contributed by atoms with Crippen molar-refractivity contribution >= 4 is 32.7 Å². The molecule has 0 aliphatic heterocycles. The number of sulfonamides is 1. The quantitative estimate of drug-likeness (QED) is 0.282. The number of carbonyl (C=O) groups excluding carboxylic acids is 2. The number of para-hydroxylation sites is 1. The third-order valence-electron chi connectivity index (χ3n) is 5.37. The number of hydrogen-bond acceptors (Lipinski definition) is 4. The van der Waals surface area contributed by atoms with Gasteiger partial charge in [0, 0.05) is 17.1 Å². The molecule has 0 fully saturated rings. The monoisotopic (exact) mass is 494 g/mol. The normalized spacial score (nSPS) is 12.3. The number of carbonyl (C=O) groups is 2. The highest BCUT2D eigenvalue weighted by atomic mass is 32.2. The SMILES string of the molecule is O=C(Cc1c[nH]c2ccccc12)NNC(=O)C(Cc1ccccc1)NS(=O)(=O)c1ccccc1F. The second-order valence-corrected chi connectivity index (χ2v) is 9.55. The van der Waals surface area contributed by atoms with Crippen molar-refractivity contribution < 1.29 is 22.4 Å². The standard InChI is InChI=1S/C25H23FN4O4S/c26-20-11-5-7-13-23(20)35(33,34)30-22(14-17-8-2-1-3-9-17)25(32)29-28-24(31)15-18-16-27-21-12-6-4-10-19(18)21/h1-13,16,22,27,30H,14-15H2,(H,28,31)(H,29,32). The summed E-state index contributed by atoms with van der Waals surface area (Å²) in [6.07, 6.45) is 1.69. The van der Waals surface area contributed by atoms with E-state index in [0.29, 0.717) is 5.56 Å². The van der Waals surface area contributed by atoms with Crippen LogP contribution in [0.15, 0.2) is 90.0 Å². The Labute approximate surface area is 201 Å². The highest BCUT2D eigenvalue weighted by Gasteiger charge is 2.28. The molecule has 0 saturated carbocycles. The Kier molecular flexibility index (Phi) is 7.23. The molecule has 4 rings (SSSR count). The first kappa shape index (κ1) is 24.1. The predicted octanol–water partition coefficient (Wildman–Crippen LogP) is 2.59. The van der Waals surface area contributed by atoms with Gasteiger partial charge in [-0.2, -0.15) is 4.72 Å². The van der Waals surface area contributed by atoms with Crippen molar-refractivity contribution in [3.05, 3.63) is 102 Å². The fourth-order valence-electron chi connectivity index (χ4n) is 3.66. The first-order valence-electron chi connectivity index (χ1n) is 10.8. The molecule has 0 spiro atoms. The van der Waals surface area contributed by atoms with Gasteiger partial charge >= 0.3 is 0 Å². The molecule has 35 heavy (non-hydrogen) atoms. The van der Waals surface area contributed by atoms with Crippen LogP contribution in [0.5, 0.6) is 0 Å². The minimum atomic E-state index is -4.36. The van der Waals surface area contributed by atoms with Crippen molar-refractivity contribution in [1.29, 1.82) is 0 Å². The van der Waals surface area contributed by atoms with Gasteiger partial charge in [0.2, 0.25) is 15.9 Å². The number of rotatable bonds is 8. The molecule has 1 unspecified atom stereocenters. The van der Waals surface area contributed by atoms with Gasteiger partial charge in [0.15, 0.2) is 0 Å². The molecule has 1 heterocycles. The second-order valence-electron chi connectivity index (χ2n) is 7.87. The largest absolute Gasteiger partial charge is 0.361 e. The molecule has 0 aliphatic carbocycles. The molecule has 0 aliphatic rings. The fraction of sp³-hybridized carbons (Fsp3) is 0.120. The number of hydrogen-bond donors (Lipinski definition) is 4. The third kappa shape index (κ3) is 5.92. The molecule has 0 radical (unpaired) electrons. The highest BCUT2D eigenvalue weighted by Crippen LogP contribution is 2.18. The van der Waals surface area contributed by atoms with Crippen LogP contribution in [0, 0.1) is 5.82 Å². The molecule has 2 amide bonds. The number of benzene rings is 3. The molecular formula is C25H23FN4O4S. The number of amides is 2. The van der Waals surface area contributed by atoms with Gasteiger partial charge in [0.05, 0.1) is 6.42 Å². The summed E-state index contributed by atoms with van der Waals surface area (Å²) in [6, 6.07) is 19.8. The maximum absolute atomic E-state index is 14.1. The van der Waals surface area contributed by atoms with E-state index < -0.39 is 38.6 Å². The second kappa shape index (κ2) is 10.5. The molecule has 180 valence electrons. The summed E-state index contributed by atoms with van der Waals surface area (Å²) in [5.41, 5.74) is 6.91. The van der Waals surface area contributed by atoms with Crippen LogP contribution < -0.4 is 15.6 Å². The van der Waals surface area contributed by atoms with E-state index in [1.165, 1.54) is 12.1 Å². The maximum Gasteiger partial charge on any atom is 0.256 e. The van der Waals surface area contributed by atoms with Crippen LogP contribution in [-0.4, -0.2) is 31.3 Å². The molecule has 0 saturated heterocycles. The van der Waals surface area contributed by atoms with E-state index in [2.05, 4.69) is 20.6 Å². The van der Waals surface area contributed by atoms with Gasteiger partial charge in [-0.15, -0.1) is 0 Å². The summed E-state index contributed by atoms with van der Waals surface area (Å²) in [4.78, 5) is 27.9. The molecular weight excluding hydrogens is 471 g/mol. The van der Waals surface area contributed by atoms with Crippen LogP contribution in [0.1, 0.15) is 11.1 Å². The Bertz CT molecular complexity index is 1450. The van der Waals surface area contributed by atoms with Gasteiger partial charge in [-0.3, -0.25) is 20.4 Å². The summed E-state index contributed by atoms with van der Waals surface area (Å²) in [5.74, 6) is -2.22. The van der Waals surface area contributed by atoms with Crippen LogP contribution in [0.4, 0.5) is 4.39 Å². The summed E-state index contributed by atoms with van der Waals surface area (Å²) in [7, 11) is -4.36. The summed E-state index contributed by atoms with van der Waals surface area (Å²) < 4.78 is 42.0. The van der Waals surface area contributed by atoms with Gasteiger partial charge < -0.3 is 4.98 Å². The summed E-state index contributed by atoms with van der Waals surface area (Å²) >= 11 is 0. The number of hydrazine groups is 1. The van der Waals surface area contributed by atoms with Gasteiger partial charge in [-0.05, 0) is 35.7 Å². The summed E-state index contributed by atoms with van der Waals surface area (Å²) in [5, 5.41) is 0.883. The first-order chi connectivity index (χ1) is 16.8. The predicted molar refractivity (Wildman–Crippen MR) is 129 cm³/mol. The van der Waals surface area contributed by atoms with Gasteiger partial charge in [0.1, 0.15) is 16.8 Å². The Morgan fingerprint density at radius 1 is 0.886 bits per heavy atom. The molecule has 0 bridgehead atoms. The lowest BCUT2D eigenvalue weighted by Gasteiger charge is -2.19. The van der Waals surface area contributed by atoms with Crippen LogP contribution in [-0.2, 0) is 32.5 Å². The average Bonchev–Trinajstić information content (AvgIpc) is 3.25. The van der Waals surface area contributed by atoms with Crippen LogP contribution >= 0.6 is 0 Å². The minimum absolute atomic E-state index is 0.00536. The van der Waals surface area contributed by atoms with E-state index in [1.807, 2.05) is 24.3 Å². The van der Waals surface area contributed by atoms with Gasteiger partial charge in [-0.25, -0.2) is 12.8 Å². The van der Waals surface area contributed by atoms with Gasteiger partial charge in [0.25, 0.3) is 5.91 Å². The zero-order chi connectivity index (χ0) is 24.8. The average molecular weight is 495 g/mol. The molecule has 4 aromatic rings. The van der Waals surface area contributed by atoms with Crippen molar-refractivity contribution in [3.63, 3.8) is 0 Å². The van der Waals surface area contributed by atoms with E-state index in [0.717, 1.165) is 28.6 Å². The van der Waals surface area contributed by atoms with Gasteiger partial charge in [-0.1, -0.05) is 60.7 Å². The Hall–Kier alpha value is -4.02. The number of nitrogens with one attached hydrogen (secondary N) is 4. The zero-order valence-corrected chi connectivity index (χ0v) is 19.3. The van der Waals surface area contributed by atoms with E-state index >= 15 is 0 Å². The molecule has 3 aromatic carbocycles. The Morgan fingerprint density at radius 3 is 2.34 bits per heavy atom. The van der Waals surface area contributed by atoms with E-state index in [4.69, 9.17) is 0 Å². The van der Waals surface area contributed by atoms with Crippen molar-refractivity contribution in [3.8, 4) is 0 Å². The molecule has 1 aromatic heterocycles. The van der Waals surface area contributed by atoms with Crippen LogP contribution in [0.25, 0.3) is 10.9 Å². The van der Waals surface area contributed by atoms with E-state index in [1.54, 1.807) is 36.5 Å². The molecule has 1 atom stereocenters. The van der Waals surface area contributed by atoms with Crippen molar-refractivity contribution in [2.24, 2.45) is 0 Å². The van der Waals surface area contributed by atoms with Crippen LogP contribution in [0.3, 0.4) is 0 Å². The minimum Gasteiger partial charge on any atom is -0.361 e. The zero-order valence-electron chi connectivity index (χ0n) is 18.5. The topological polar surface area (TPSA) is 120 Å². The molecule has 4 N–H and O–H groups in total. The number of halogens is 1. The lowest BCUT2D eigenvalue weighted by Crippen LogP contribution is -2.53. The maximum atomic E-state index is 14.1. The highest BCUT2D eigenvalue weighted by molar-refractivity contribution is 7.89. The third-order valence-corrected chi connectivity index (χ3v) is 6.88. The summed E-state index contributed by atoms with van der Waals surface area (Å²) in [6.45, 7) is 0. The number of aromatic amines is 1.